The minimum atomic E-state index is -5.02. The van der Waals surface area contributed by atoms with Crippen molar-refractivity contribution in [2.45, 2.75) is 290 Å². The van der Waals surface area contributed by atoms with Crippen LogP contribution in [0, 0.1) is 0 Å². The third kappa shape index (κ3) is 69.4. The van der Waals surface area contributed by atoms with Crippen molar-refractivity contribution >= 4 is 39.5 Å². The summed E-state index contributed by atoms with van der Waals surface area (Å²) in [4.78, 5) is 72.6. The van der Waals surface area contributed by atoms with Gasteiger partial charge in [-0.2, -0.15) is 0 Å². The van der Waals surface area contributed by atoms with Gasteiger partial charge in [0.2, 0.25) is 0 Å². The highest BCUT2D eigenvalue weighted by Crippen LogP contribution is 2.45. The Labute approximate surface area is 592 Å². The van der Waals surface area contributed by atoms with Crippen LogP contribution in [0.1, 0.15) is 272 Å². The number of phosphoric ester groups is 2. The molecule has 0 rings (SSSR count). The van der Waals surface area contributed by atoms with Crippen molar-refractivity contribution in [2.24, 2.45) is 0 Å². The van der Waals surface area contributed by atoms with Gasteiger partial charge in [0.15, 0.2) is 12.2 Å². The molecule has 19 heteroatoms. The van der Waals surface area contributed by atoms with Crippen LogP contribution in [0.25, 0.3) is 0 Å². The molecule has 0 radical (unpaired) electrons. The normalized spacial score (nSPS) is 14.8. The molecule has 0 aromatic heterocycles. The van der Waals surface area contributed by atoms with Crippen LogP contribution in [-0.4, -0.2) is 96.7 Å². The summed E-state index contributed by atoms with van der Waals surface area (Å²) < 4.78 is 68.1. The Morgan fingerprint density at radius 3 is 0.990 bits per heavy atom. The summed E-state index contributed by atoms with van der Waals surface area (Å²) >= 11 is 0. The minimum absolute atomic E-state index is 0.0724. The predicted octanol–water partition coefficient (Wildman–Crippen LogP) is 21.1. The summed E-state index contributed by atoms with van der Waals surface area (Å²) in [6.45, 7) is 4.32. The number of aliphatic hydroxyl groups excluding tert-OH is 1. The number of hydrogen-bond donors (Lipinski definition) is 3. The molecule has 0 amide bonds. The molecule has 5 atom stereocenters. The second kappa shape index (κ2) is 70.4. The van der Waals surface area contributed by atoms with E-state index in [0.29, 0.717) is 25.7 Å². The summed E-state index contributed by atoms with van der Waals surface area (Å²) in [6.07, 6.45) is 79.1. The van der Waals surface area contributed by atoms with E-state index in [-0.39, 0.29) is 25.7 Å². The van der Waals surface area contributed by atoms with Crippen LogP contribution in [0.15, 0.2) is 146 Å². The van der Waals surface area contributed by atoms with Gasteiger partial charge in [-0.05, 0) is 103 Å². The van der Waals surface area contributed by atoms with E-state index in [9.17, 15) is 43.2 Å². The first-order valence-electron chi connectivity index (χ1n) is 37.1. The van der Waals surface area contributed by atoms with E-state index >= 15 is 0 Å². The first-order valence-corrected chi connectivity index (χ1v) is 40.1. The standard InChI is InChI=1S/C79H130O17P2/c1-5-9-13-17-21-25-29-33-36-40-43-47-51-55-59-63-76(81)89-69-74(95-78(83)65-61-57-53-49-45-39-32-28-24-20-16-12-8-4)71-93-97(85,86)91-67-73(80)68-92-98(87,88)94-72-75(96-79(84)66-62-58-54-50-46-42-38-35-31-27-23-19-15-11-7-3)70-90-77(82)64-60-56-52-48-44-41-37-34-30-26-22-18-14-10-6-2/h10-11,14-16,20,22-23,26-28,32,34-35,37-38,44,46,48,50,56,58,60,62,73-75,80H,5-9,12-13,17-19,21,24-25,29-31,33,36,39-43,45,47,49,51-55,57,59,61,63-72H2,1-4H3,(H,85,86)(H,87,88)/b14-10-,15-11-,20-16-,26-22-,27-23-,32-28-,37-34-,38-35-,48-44-,50-46-,60-56-,62-58-. The molecule has 0 heterocycles. The minimum Gasteiger partial charge on any atom is -0.462 e. The topological polar surface area (TPSA) is 237 Å². The van der Waals surface area contributed by atoms with Gasteiger partial charge in [-0.3, -0.25) is 37.3 Å². The highest BCUT2D eigenvalue weighted by atomic mass is 31.2. The Hall–Kier alpha value is -5.06. The quantitative estimate of drug-likeness (QED) is 0.0169. The molecule has 0 bridgehead atoms. The second-order valence-corrected chi connectivity index (χ2v) is 27.1. The van der Waals surface area contributed by atoms with Crippen molar-refractivity contribution in [3.63, 3.8) is 0 Å². The largest absolute Gasteiger partial charge is 0.472 e. The molecule has 0 aliphatic heterocycles. The molecule has 0 saturated carbocycles. The van der Waals surface area contributed by atoms with Crippen molar-refractivity contribution in [3.8, 4) is 0 Å². The summed E-state index contributed by atoms with van der Waals surface area (Å²) in [5.41, 5.74) is 0. The van der Waals surface area contributed by atoms with E-state index in [2.05, 4.69) is 125 Å². The van der Waals surface area contributed by atoms with Crippen LogP contribution in [0.5, 0.6) is 0 Å². The molecular formula is C79H130O17P2. The van der Waals surface area contributed by atoms with E-state index in [0.717, 1.165) is 122 Å². The van der Waals surface area contributed by atoms with Gasteiger partial charge in [0.05, 0.1) is 39.3 Å². The third-order valence-electron chi connectivity index (χ3n) is 14.8. The zero-order valence-corrected chi connectivity index (χ0v) is 62.4. The van der Waals surface area contributed by atoms with E-state index in [4.69, 9.17) is 37.0 Å². The van der Waals surface area contributed by atoms with Gasteiger partial charge in [0.25, 0.3) is 0 Å². The molecule has 0 aromatic rings. The summed E-state index contributed by atoms with van der Waals surface area (Å²) in [5.74, 6) is -2.49. The van der Waals surface area contributed by atoms with Gasteiger partial charge in [-0.25, -0.2) is 9.13 Å². The SMILES string of the molecule is CC/C=C\C/C=C\C/C=C\C/C=C\C/C=C\CC(=O)OCC(COP(=O)(O)OCC(O)COP(=O)(O)OCC(COC(=O)CCCCCCCCCCCCCCCCC)OC(=O)CCCCCCC/C=C\C/C=C\CCC)OC(=O)C/C=C\C/C=C\C/C=C\C/C=C\C/C=C\CC. The van der Waals surface area contributed by atoms with Crippen LogP contribution in [0.2, 0.25) is 0 Å². The maximum absolute atomic E-state index is 13.1. The molecule has 98 heavy (non-hydrogen) atoms. The van der Waals surface area contributed by atoms with E-state index in [1.807, 2.05) is 30.4 Å². The molecule has 0 spiro atoms. The fourth-order valence-electron chi connectivity index (χ4n) is 9.29. The van der Waals surface area contributed by atoms with E-state index in [1.165, 1.54) is 70.6 Å². The van der Waals surface area contributed by atoms with Gasteiger partial charge in [0, 0.05) is 12.8 Å². The fourth-order valence-corrected chi connectivity index (χ4v) is 10.9. The lowest BCUT2D eigenvalue weighted by Gasteiger charge is -2.21. The summed E-state index contributed by atoms with van der Waals surface area (Å²) in [5, 5.41) is 10.6. The Bertz CT molecular complexity index is 2430. The number of allylic oxidation sites excluding steroid dienone is 22. The lowest BCUT2D eigenvalue weighted by atomic mass is 10.0. The Morgan fingerprint density at radius 2 is 0.602 bits per heavy atom. The number of carbonyl (C=O) groups excluding carboxylic acids is 4. The Kier molecular flexibility index (Phi) is 66.7. The highest BCUT2D eigenvalue weighted by molar-refractivity contribution is 7.47. The number of rotatable bonds is 68. The number of hydrogen-bond acceptors (Lipinski definition) is 15. The van der Waals surface area contributed by atoms with Crippen molar-refractivity contribution in [1.82, 2.24) is 0 Å². The molecular weight excluding hydrogens is 1280 g/mol. The van der Waals surface area contributed by atoms with Crippen molar-refractivity contribution in [1.29, 1.82) is 0 Å². The first kappa shape index (κ1) is 92.9. The molecule has 3 N–H and O–H groups in total. The van der Waals surface area contributed by atoms with Crippen LogP contribution in [-0.2, 0) is 65.4 Å². The molecule has 558 valence electrons. The number of carbonyl (C=O) groups is 4. The fraction of sp³-hybridized carbons (Fsp3) is 0.646. The second-order valence-electron chi connectivity index (χ2n) is 24.2. The van der Waals surface area contributed by atoms with Gasteiger partial charge in [0.1, 0.15) is 19.3 Å². The zero-order valence-electron chi connectivity index (χ0n) is 60.7. The number of aliphatic hydroxyl groups is 1. The lowest BCUT2D eigenvalue weighted by Crippen LogP contribution is -2.30. The van der Waals surface area contributed by atoms with Crippen molar-refractivity contribution < 1.29 is 80.2 Å². The number of phosphoric acid groups is 2. The molecule has 0 aliphatic carbocycles. The monoisotopic (exact) mass is 1410 g/mol. The average Bonchev–Trinajstić information content (AvgIpc) is 1.04. The number of esters is 4. The van der Waals surface area contributed by atoms with Crippen molar-refractivity contribution in [2.75, 3.05) is 39.6 Å². The van der Waals surface area contributed by atoms with Crippen LogP contribution in [0.4, 0.5) is 0 Å². The van der Waals surface area contributed by atoms with Gasteiger partial charge >= 0.3 is 39.5 Å². The van der Waals surface area contributed by atoms with Gasteiger partial charge in [-0.15, -0.1) is 0 Å². The lowest BCUT2D eigenvalue weighted by molar-refractivity contribution is -0.161. The molecule has 0 aliphatic rings. The van der Waals surface area contributed by atoms with Crippen LogP contribution >= 0.6 is 15.6 Å². The third-order valence-corrected chi connectivity index (χ3v) is 16.7. The van der Waals surface area contributed by atoms with Crippen molar-refractivity contribution in [3.05, 3.63) is 146 Å². The smallest absolute Gasteiger partial charge is 0.462 e. The average molecular weight is 1410 g/mol. The predicted molar refractivity (Wildman–Crippen MR) is 399 cm³/mol. The molecule has 0 aromatic carbocycles. The van der Waals surface area contributed by atoms with Gasteiger partial charge in [-0.1, -0.05) is 289 Å². The zero-order chi connectivity index (χ0) is 71.8. The van der Waals surface area contributed by atoms with E-state index < -0.39 is 97.5 Å². The molecule has 5 unspecified atom stereocenters. The molecule has 0 fully saturated rings. The van der Waals surface area contributed by atoms with Crippen LogP contribution < -0.4 is 0 Å². The Morgan fingerprint density at radius 1 is 0.306 bits per heavy atom. The highest BCUT2D eigenvalue weighted by Gasteiger charge is 2.30. The number of unbranched alkanes of at least 4 members (excludes halogenated alkanes) is 20. The van der Waals surface area contributed by atoms with E-state index in [1.54, 1.807) is 18.2 Å². The molecule has 17 nitrogen and oxygen atoms in total. The maximum Gasteiger partial charge on any atom is 0.472 e. The first-order chi connectivity index (χ1) is 47.7. The maximum atomic E-state index is 13.1. The number of ether oxygens (including phenoxy) is 4. The molecule has 0 saturated heterocycles. The van der Waals surface area contributed by atoms with Gasteiger partial charge < -0.3 is 33.8 Å². The van der Waals surface area contributed by atoms with Crippen LogP contribution in [0.3, 0.4) is 0 Å². The summed E-state index contributed by atoms with van der Waals surface area (Å²) in [6, 6.07) is 0. The summed E-state index contributed by atoms with van der Waals surface area (Å²) in [7, 11) is -10.0. The Balaban J connectivity index is 5.49.